The molecule has 1 rings (SSSR count). The van der Waals surface area contributed by atoms with Crippen LogP contribution in [0.3, 0.4) is 0 Å². The molecule has 3 nitrogen and oxygen atoms in total. The zero-order chi connectivity index (χ0) is 10.6. The molecular formula is C9H12ClF2NO2. The van der Waals surface area contributed by atoms with E-state index in [1.807, 2.05) is 0 Å². The molecule has 0 amide bonds. The van der Waals surface area contributed by atoms with E-state index in [0.717, 1.165) is 0 Å². The second-order valence-corrected chi connectivity index (χ2v) is 2.53. The molecule has 0 aliphatic rings. The highest BCUT2D eigenvalue weighted by atomic mass is 35.5. The fourth-order valence-electron chi connectivity index (χ4n) is 0.952. The van der Waals surface area contributed by atoms with Gasteiger partial charge in [0.2, 0.25) is 11.6 Å². The largest absolute Gasteiger partial charge is 0.494 e. The van der Waals surface area contributed by atoms with E-state index < -0.39 is 11.6 Å². The maximum atomic E-state index is 13.2. The van der Waals surface area contributed by atoms with Gasteiger partial charge in [0, 0.05) is 6.54 Å². The lowest BCUT2D eigenvalue weighted by atomic mass is 10.3. The normalized spacial score (nSPS) is 9.33. The topological polar surface area (TPSA) is 44.5 Å². The average molecular weight is 240 g/mol. The van der Waals surface area contributed by atoms with E-state index >= 15 is 0 Å². The van der Waals surface area contributed by atoms with Crippen molar-refractivity contribution in [1.82, 2.24) is 0 Å². The van der Waals surface area contributed by atoms with Crippen molar-refractivity contribution >= 4 is 12.4 Å². The third-order valence-corrected chi connectivity index (χ3v) is 1.61. The summed E-state index contributed by atoms with van der Waals surface area (Å²) in [5.74, 6) is -2.42. The smallest absolute Gasteiger partial charge is 0.204 e. The summed E-state index contributed by atoms with van der Waals surface area (Å²) in [4.78, 5) is 0. The van der Waals surface area contributed by atoms with Crippen LogP contribution < -0.4 is 15.2 Å². The minimum Gasteiger partial charge on any atom is -0.494 e. The monoisotopic (exact) mass is 239 g/mol. The lowest BCUT2D eigenvalue weighted by Gasteiger charge is -2.08. The van der Waals surface area contributed by atoms with Crippen LogP contribution in [0, 0.1) is 11.6 Å². The van der Waals surface area contributed by atoms with Crippen molar-refractivity contribution in [2.45, 2.75) is 0 Å². The highest BCUT2D eigenvalue weighted by Gasteiger charge is 2.14. The maximum absolute atomic E-state index is 13.2. The molecule has 6 heteroatoms. The van der Waals surface area contributed by atoms with Crippen LogP contribution in [0.15, 0.2) is 12.1 Å². The quantitative estimate of drug-likeness (QED) is 0.870. The first-order chi connectivity index (χ1) is 6.70. The van der Waals surface area contributed by atoms with Crippen LogP contribution in [0.2, 0.25) is 0 Å². The Kier molecular flexibility index (Phi) is 5.96. The Morgan fingerprint density at radius 1 is 1.20 bits per heavy atom. The summed E-state index contributed by atoms with van der Waals surface area (Å²) >= 11 is 0. The van der Waals surface area contributed by atoms with Crippen LogP contribution in [0.5, 0.6) is 11.5 Å². The molecule has 15 heavy (non-hydrogen) atoms. The SMILES string of the molecule is COc1ccc(OCCN)c(F)c1F.Cl. The van der Waals surface area contributed by atoms with Gasteiger partial charge in [-0.3, -0.25) is 0 Å². The van der Waals surface area contributed by atoms with Gasteiger partial charge >= 0.3 is 0 Å². The highest BCUT2D eigenvalue weighted by molar-refractivity contribution is 5.85. The van der Waals surface area contributed by atoms with Crippen LogP contribution in [0.4, 0.5) is 8.78 Å². The summed E-state index contributed by atoms with van der Waals surface area (Å²) < 4.78 is 35.7. The molecular weight excluding hydrogens is 228 g/mol. The molecule has 0 saturated carbocycles. The van der Waals surface area contributed by atoms with Gasteiger partial charge < -0.3 is 15.2 Å². The second-order valence-electron chi connectivity index (χ2n) is 2.53. The van der Waals surface area contributed by atoms with Crippen molar-refractivity contribution < 1.29 is 18.3 Å². The van der Waals surface area contributed by atoms with E-state index in [9.17, 15) is 8.78 Å². The van der Waals surface area contributed by atoms with E-state index in [1.54, 1.807) is 0 Å². The van der Waals surface area contributed by atoms with Gasteiger partial charge in [-0.05, 0) is 12.1 Å². The van der Waals surface area contributed by atoms with Gasteiger partial charge in [0.25, 0.3) is 0 Å². The predicted octanol–water partition coefficient (Wildman–Crippen LogP) is 1.73. The third kappa shape index (κ3) is 3.21. The first-order valence-electron chi connectivity index (χ1n) is 4.05. The van der Waals surface area contributed by atoms with E-state index in [4.69, 9.17) is 10.5 Å². The molecule has 1 aromatic rings. The third-order valence-electron chi connectivity index (χ3n) is 1.61. The number of ether oxygens (including phenoxy) is 2. The molecule has 2 N–H and O–H groups in total. The van der Waals surface area contributed by atoms with Gasteiger partial charge in [-0.2, -0.15) is 8.78 Å². The Morgan fingerprint density at radius 3 is 2.27 bits per heavy atom. The van der Waals surface area contributed by atoms with Gasteiger partial charge in [0.05, 0.1) is 7.11 Å². The molecule has 0 spiro atoms. The molecule has 0 heterocycles. The minimum absolute atomic E-state index is 0. The average Bonchev–Trinajstić information content (AvgIpc) is 2.20. The predicted molar refractivity (Wildman–Crippen MR) is 54.7 cm³/mol. The van der Waals surface area contributed by atoms with Crippen LogP contribution in [-0.4, -0.2) is 20.3 Å². The summed E-state index contributed by atoms with van der Waals surface area (Å²) in [6, 6.07) is 2.59. The fourth-order valence-corrected chi connectivity index (χ4v) is 0.952. The van der Waals surface area contributed by atoms with Crippen LogP contribution >= 0.6 is 12.4 Å². The van der Waals surface area contributed by atoms with E-state index in [2.05, 4.69) is 4.74 Å². The summed E-state index contributed by atoms with van der Waals surface area (Å²) in [5.41, 5.74) is 5.15. The van der Waals surface area contributed by atoms with Crippen LogP contribution in [-0.2, 0) is 0 Å². The Morgan fingerprint density at radius 2 is 1.73 bits per heavy atom. The first kappa shape index (κ1) is 13.9. The minimum atomic E-state index is -1.06. The Balaban J connectivity index is 0.00000196. The maximum Gasteiger partial charge on any atom is 0.204 e. The van der Waals surface area contributed by atoms with Crippen LogP contribution in [0.1, 0.15) is 0 Å². The molecule has 0 aliphatic heterocycles. The molecule has 0 aromatic heterocycles. The van der Waals surface area contributed by atoms with E-state index in [1.165, 1.54) is 19.2 Å². The van der Waals surface area contributed by atoms with E-state index in [-0.39, 0.29) is 37.1 Å². The highest BCUT2D eigenvalue weighted by Crippen LogP contribution is 2.26. The number of benzene rings is 1. The standard InChI is InChI=1S/C9H11F2NO2.ClH/c1-13-6-2-3-7(14-5-4-12)9(11)8(6)10;/h2-3H,4-5,12H2,1H3;1H. The number of methoxy groups -OCH3 is 1. The molecule has 0 unspecified atom stereocenters. The molecule has 0 saturated heterocycles. The number of nitrogens with two attached hydrogens (primary N) is 1. The molecule has 0 bridgehead atoms. The van der Waals surface area contributed by atoms with Gasteiger partial charge in [0.1, 0.15) is 6.61 Å². The van der Waals surface area contributed by atoms with Crippen molar-refractivity contribution in [2.75, 3.05) is 20.3 Å². The summed E-state index contributed by atoms with van der Waals surface area (Å²) in [7, 11) is 1.26. The molecule has 0 aliphatic carbocycles. The molecule has 1 aromatic carbocycles. The Labute approximate surface area is 92.6 Å². The second kappa shape index (κ2) is 6.42. The van der Waals surface area contributed by atoms with Gasteiger partial charge in [-0.25, -0.2) is 0 Å². The molecule has 86 valence electrons. The van der Waals surface area contributed by atoms with Gasteiger partial charge in [-0.15, -0.1) is 12.4 Å². The van der Waals surface area contributed by atoms with Crippen molar-refractivity contribution in [3.63, 3.8) is 0 Å². The number of rotatable bonds is 4. The van der Waals surface area contributed by atoms with Crippen LogP contribution in [0.25, 0.3) is 0 Å². The Bertz CT molecular complexity index is 323. The van der Waals surface area contributed by atoms with Crippen molar-refractivity contribution in [3.05, 3.63) is 23.8 Å². The summed E-state index contributed by atoms with van der Waals surface area (Å²) in [5, 5.41) is 0. The summed E-state index contributed by atoms with van der Waals surface area (Å²) in [6.07, 6.45) is 0. The van der Waals surface area contributed by atoms with Gasteiger partial charge in [-0.1, -0.05) is 0 Å². The van der Waals surface area contributed by atoms with Gasteiger partial charge in [0.15, 0.2) is 11.5 Å². The molecule has 0 atom stereocenters. The molecule has 0 fully saturated rings. The fraction of sp³-hybridized carbons (Fsp3) is 0.333. The number of hydrogen-bond acceptors (Lipinski definition) is 3. The van der Waals surface area contributed by atoms with Crippen molar-refractivity contribution in [3.8, 4) is 11.5 Å². The van der Waals surface area contributed by atoms with Crippen molar-refractivity contribution in [1.29, 1.82) is 0 Å². The van der Waals surface area contributed by atoms with E-state index in [0.29, 0.717) is 0 Å². The number of halogens is 3. The lowest BCUT2D eigenvalue weighted by molar-refractivity contribution is 0.298. The first-order valence-corrected chi connectivity index (χ1v) is 4.05. The summed E-state index contributed by atoms with van der Waals surface area (Å²) in [6.45, 7) is 0.385. The molecule has 0 radical (unpaired) electrons. The zero-order valence-corrected chi connectivity index (χ0v) is 8.94. The number of hydrogen-bond donors (Lipinski definition) is 1. The van der Waals surface area contributed by atoms with Crippen molar-refractivity contribution in [2.24, 2.45) is 5.73 Å². The Hall–Kier alpha value is -1.07. The zero-order valence-electron chi connectivity index (χ0n) is 8.13. The lowest BCUT2D eigenvalue weighted by Crippen LogP contribution is -2.11.